The minimum atomic E-state index is -4.05. The maximum Gasteiger partial charge on any atom is 0.340 e. The van der Waals surface area contributed by atoms with Crippen molar-refractivity contribution in [3.63, 3.8) is 0 Å². The number of amides is 1. The highest BCUT2D eigenvalue weighted by molar-refractivity contribution is 7.92. The molecule has 0 fully saturated rings. The van der Waals surface area contributed by atoms with Crippen LogP contribution in [-0.4, -0.2) is 37.6 Å². The third kappa shape index (κ3) is 5.85. The molecule has 5 rings (SSSR count). The first-order valence-corrected chi connectivity index (χ1v) is 13.9. The van der Waals surface area contributed by atoms with Crippen molar-refractivity contribution in [1.29, 1.82) is 0 Å². The van der Waals surface area contributed by atoms with E-state index in [9.17, 15) is 18.0 Å². The maximum atomic E-state index is 13.2. The Bertz CT molecular complexity index is 1690. The molecule has 1 amide bonds. The second-order valence-corrected chi connectivity index (χ2v) is 10.9. The number of hydrazone groups is 1. The molecule has 1 aliphatic heterocycles. The van der Waals surface area contributed by atoms with Crippen molar-refractivity contribution in [3.05, 3.63) is 113 Å². The van der Waals surface area contributed by atoms with Crippen molar-refractivity contribution in [3.8, 4) is 0 Å². The van der Waals surface area contributed by atoms with E-state index < -0.39 is 34.5 Å². The molecular formula is C28H23ClN4O6S. The molecule has 3 aromatic carbocycles. The standard InChI is InChI=1S/C28H23ClN4O6S/c29-19-12-10-18(11-13-19)24-16-25(26-9-4-14-38-26)33(31-24)27(34)17-39-28(35)22-7-1-2-8-23(22)32-40(36,37)21-6-3-5-20(30)15-21/h1-15,25,32H,16-17,30H2/t25-/m0/s1. The van der Waals surface area contributed by atoms with Crippen LogP contribution in [0.15, 0.2) is 106 Å². The van der Waals surface area contributed by atoms with Crippen LogP contribution in [0.1, 0.15) is 34.1 Å². The van der Waals surface area contributed by atoms with E-state index in [1.807, 2.05) is 0 Å². The lowest BCUT2D eigenvalue weighted by molar-refractivity contribution is -0.136. The molecule has 2 heterocycles. The number of ether oxygens (including phenoxy) is 1. The summed E-state index contributed by atoms with van der Waals surface area (Å²) in [6.45, 7) is -0.635. The zero-order valence-corrected chi connectivity index (χ0v) is 22.4. The molecule has 1 atom stereocenters. The molecule has 0 radical (unpaired) electrons. The fraction of sp³-hybridized carbons (Fsp3) is 0.107. The van der Waals surface area contributed by atoms with Crippen molar-refractivity contribution < 1.29 is 27.2 Å². The number of para-hydroxylation sites is 1. The molecule has 10 nitrogen and oxygen atoms in total. The average molecular weight is 579 g/mol. The van der Waals surface area contributed by atoms with E-state index in [-0.39, 0.29) is 21.8 Å². The van der Waals surface area contributed by atoms with Crippen molar-refractivity contribution >= 4 is 50.6 Å². The van der Waals surface area contributed by atoms with Gasteiger partial charge in [-0.2, -0.15) is 5.10 Å². The lowest BCUT2D eigenvalue weighted by atomic mass is 10.0. The molecule has 3 N–H and O–H groups in total. The predicted molar refractivity (Wildman–Crippen MR) is 149 cm³/mol. The Balaban J connectivity index is 1.32. The first kappa shape index (κ1) is 27.0. The smallest absolute Gasteiger partial charge is 0.340 e. The highest BCUT2D eigenvalue weighted by Gasteiger charge is 2.35. The van der Waals surface area contributed by atoms with Gasteiger partial charge in [-0.15, -0.1) is 0 Å². The molecule has 0 aliphatic carbocycles. The number of esters is 1. The van der Waals surface area contributed by atoms with Crippen LogP contribution in [-0.2, 0) is 19.6 Å². The number of anilines is 2. The number of benzene rings is 3. The number of nitrogens with one attached hydrogen (secondary N) is 1. The van der Waals surface area contributed by atoms with E-state index in [0.717, 1.165) is 5.56 Å². The summed E-state index contributed by atoms with van der Waals surface area (Å²) >= 11 is 6.00. The third-order valence-corrected chi connectivity index (χ3v) is 7.72. The van der Waals surface area contributed by atoms with Crippen molar-refractivity contribution in [2.75, 3.05) is 17.1 Å². The van der Waals surface area contributed by atoms with Crippen molar-refractivity contribution in [1.82, 2.24) is 5.01 Å². The van der Waals surface area contributed by atoms with Gasteiger partial charge < -0.3 is 14.9 Å². The predicted octanol–water partition coefficient (Wildman–Crippen LogP) is 4.85. The zero-order chi connectivity index (χ0) is 28.3. The third-order valence-electron chi connectivity index (χ3n) is 6.10. The van der Waals surface area contributed by atoms with Crippen LogP contribution in [0.4, 0.5) is 11.4 Å². The molecule has 1 aliphatic rings. The average Bonchev–Trinajstić information content (AvgIpc) is 3.63. The number of nitrogens with two attached hydrogens (primary N) is 1. The van der Waals surface area contributed by atoms with E-state index >= 15 is 0 Å². The van der Waals surface area contributed by atoms with E-state index in [1.54, 1.807) is 54.6 Å². The Labute approximate surface area is 235 Å². The van der Waals surface area contributed by atoms with Crippen molar-refractivity contribution in [2.45, 2.75) is 17.4 Å². The van der Waals surface area contributed by atoms with E-state index in [4.69, 9.17) is 26.5 Å². The number of carbonyl (C=O) groups is 2. The lowest BCUT2D eigenvalue weighted by Gasteiger charge is -2.20. The molecule has 0 bridgehead atoms. The van der Waals surface area contributed by atoms with Crippen LogP contribution >= 0.6 is 11.6 Å². The van der Waals surface area contributed by atoms with Crippen molar-refractivity contribution in [2.24, 2.45) is 5.10 Å². The first-order chi connectivity index (χ1) is 19.2. The second-order valence-electron chi connectivity index (χ2n) is 8.83. The van der Waals surface area contributed by atoms with Crippen LogP contribution in [0, 0.1) is 0 Å². The van der Waals surface area contributed by atoms with Gasteiger partial charge in [-0.1, -0.05) is 41.9 Å². The van der Waals surface area contributed by atoms with Gasteiger partial charge in [-0.25, -0.2) is 18.2 Å². The molecule has 204 valence electrons. The fourth-order valence-corrected chi connectivity index (χ4v) is 5.43. The number of furan rings is 1. The summed E-state index contributed by atoms with van der Waals surface area (Å²) in [6, 6.07) is 21.6. The number of nitrogens with zero attached hydrogens (tertiary/aromatic N) is 2. The number of sulfonamides is 1. The summed E-state index contributed by atoms with van der Waals surface area (Å²) in [6.07, 6.45) is 1.88. The highest BCUT2D eigenvalue weighted by Crippen LogP contribution is 2.33. The Morgan fingerprint density at radius 3 is 2.55 bits per heavy atom. The second kappa shape index (κ2) is 11.2. The summed E-state index contributed by atoms with van der Waals surface area (Å²) in [4.78, 5) is 26.1. The maximum absolute atomic E-state index is 13.2. The Morgan fingerprint density at radius 2 is 1.82 bits per heavy atom. The minimum absolute atomic E-state index is 0.0138. The quantitative estimate of drug-likeness (QED) is 0.224. The molecule has 0 unspecified atom stereocenters. The molecular weight excluding hydrogens is 556 g/mol. The SMILES string of the molecule is Nc1cccc(S(=O)(=O)Nc2ccccc2C(=O)OCC(=O)N2N=C(c3ccc(Cl)cc3)C[C@H]2c2ccco2)c1. The topological polar surface area (TPSA) is 144 Å². The van der Waals surface area contributed by atoms with Gasteiger partial charge in [-0.05, 0) is 60.2 Å². The minimum Gasteiger partial charge on any atom is -0.467 e. The van der Waals surface area contributed by atoms with E-state index in [1.165, 1.54) is 41.6 Å². The van der Waals surface area contributed by atoms with E-state index in [2.05, 4.69) is 9.82 Å². The fourth-order valence-electron chi connectivity index (χ4n) is 4.17. The molecule has 40 heavy (non-hydrogen) atoms. The van der Waals surface area contributed by atoms with Crippen LogP contribution in [0.2, 0.25) is 5.02 Å². The first-order valence-electron chi connectivity index (χ1n) is 12.0. The molecule has 12 heteroatoms. The van der Waals surface area contributed by atoms with Gasteiger partial charge in [0.15, 0.2) is 6.61 Å². The van der Waals surface area contributed by atoms with Gasteiger partial charge in [0.2, 0.25) is 0 Å². The molecule has 0 spiro atoms. The summed E-state index contributed by atoms with van der Waals surface area (Å²) < 4.78 is 39.0. The normalized spacial score (nSPS) is 15.0. The molecule has 4 aromatic rings. The van der Waals surface area contributed by atoms with Crippen LogP contribution < -0.4 is 10.5 Å². The van der Waals surface area contributed by atoms with Gasteiger partial charge in [0, 0.05) is 17.1 Å². The monoisotopic (exact) mass is 578 g/mol. The van der Waals surface area contributed by atoms with Gasteiger partial charge in [0.25, 0.3) is 15.9 Å². The summed E-state index contributed by atoms with van der Waals surface area (Å²) in [5.41, 5.74) is 7.32. The number of carbonyl (C=O) groups excluding carboxylic acids is 2. The summed E-state index contributed by atoms with van der Waals surface area (Å²) in [7, 11) is -4.05. The van der Waals surface area contributed by atoms with Gasteiger partial charge in [0.1, 0.15) is 11.8 Å². The Hall–Kier alpha value is -4.61. The van der Waals surface area contributed by atoms with Crippen LogP contribution in [0.25, 0.3) is 0 Å². The van der Waals surface area contributed by atoms with E-state index in [0.29, 0.717) is 22.9 Å². The Morgan fingerprint density at radius 1 is 1.05 bits per heavy atom. The van der Waals surface area contributed by atoms with Crippen LogP contribution in [0.3, 0.4) is 0 Å². The lowest BCUT2D eigenvalue weighted by Crippen LogP contribution is -2.31. The largest absolute Gasteiger partial charge is 0.467 e. The number of rotatable bonds is 8. The summed E-state index contributed by atoms with van der Waals surface area (Å²) in [5.74, 6) is -0.958. The zero-order valence-electron chi connectivity index (χ0n) is 20.9. The number of hydrogen-bond donors (Lipinski definition) is 2. The molecule has 0 saturated carbocycles. The van der Waals surface area contributed by atoms with Gasteiger partial charge in [0.05, 0.1) is 28.1 Å². The Kier molecular flexibility index (Phi) is 7.58. The number of nitrogen functional groups attached to an aromatic ring is 1. The summed E-state index contributed by atoms with van der Waals surface area (Å²) in [5, 5.41) is 6.28. The highest BCUT2D eigenvalue weighted by atomic mass is 35.5. The molecule has 1 aromatic heterocycles. The molecule has 0 saturated heterocycles. The number of hydrogen-bond acceptors (Lipinski definition) is 8. The number of halogens is 1. The van der Waals surface area contributed by atoms with Gasteiger partial charge in [-0.3, -0.25) is 9.52 Å². The van der Waals surface area contributed by atoms with Crippen LogP contribution in [0.5, 0.6) is 0 Å². The van der Waals surface area contributed by atoms with Gasteiger partial charge >= 0.3 is 5.97 Å².